The summed E-state index contributed by atoms with van der Waals surface area (Å²) in [5.74, 6) is -3.16. The quantitative estimate of drug-likeness (QED) is 0.839. The lowest BCUT2D eigenvalue weighted by molar-refractivity contribution is -0.138. The first-order valence-corrected chi connectivity index (χ1v) is 7.61. The Hall–Kier alpha value is -2.38. The van der Waals surface area contributed by atoms with Crippen LogP contribution in [0.2, 0.25) is 0 Å². The summed E-state index contributed by atoms with van der Waals surface area (Å²) in [7, 11) is 0. The molecule has 5 nitrogen and oxygen atoms in total. The number of alkyl halides is 3. The lowest BCUT2D eigenvalue weighted by Gasteiger charge is -2.35. The summed E-state index contributed by atoms with van der Waals surface area (Å²) >= 11 is 0. The highest BCUT2D eigenvalue weighted by molar-refractivity contribution is 6.22. The van der Waals surface area contributed by atoms with Gasteiger partial charge in [-0.05, 0) is 25.0 Å². The van der Waals surface area contributed by atoms with Crippen molar-refractivity contribution in [2.24, 2.45) is 11.7 Å². The Balaban J connectivity index is 2.06. The number of fused-ring (bicyclic) bond motifs is 1. The Kier molecular flexibility index (Phi) is 3.85. The van der Waals surface area contributed by atoms with Crippen molar-refractivity contribution in [3.8, 4) is 0 Å². The van der Waals surface area contributed by atoms with Crippen LogP contribution in [-0.2, 0) is 11.0 Å². The Morgan fingerprint density at radius 2 is 1.79 bits per heavy atom. The van der Waals surface area contributed by atoms with Crippen LogP contribution in [0.4, 0.5) is 13.2 Å². The van der Waals surface area contributed by atoms with Gasteiger partial charge in [0.1, 0.15) is 0 Å². The Morgan fingerprint density at radius 3 is 2.42 bits per heavy atom. The highest BCUT2D eigenvalue weighted by atomic mass is 19.4. The van der Waals surface area contributed by atoms with Gasteiger partial charge in [-0.25, -0.2) is 0 Å². The van der Waals surface area contributed by atoms with Gasteiger partial charge in [-0.2, -0.15) is 13.2 Å². The standard InChI is InChI=1S/C16H15F3N2O3/c17-16(18,19)10-6-3-5-9-12(10)15(24)21(14(9)23)11-7-2-1-4-8(11)13(20)22/h3,5-6,8,11H,1-2,4,7H2,(H2,20,22). The van der Waals surface area contributed by atoms with Gasteiger partial charge in [0.15, 0.2) is 0 Å². The molecule has 0 saturated heterocycles. The number of rotatable bonds is 2. The number of hydrogen-bond acceptors (Lipinski definition) is 3. The number of hydrogen-bond donors (Lipinski definition) is 1. The number of primary amides is 1. The van der Waals surface area contributed by atoms with Gasteiger partial charge in [0.2, 0.25) is 5.91 Å². The Morgan fingerprint density at radius 1 is 1.12 bits per heavy atom. The van der Waals surface area contributed by atoms with Gasteiger partial charge in [0, 0.05) is 0 Å². The van der Waals surface area contributed by atoms with Crippen molar-refractivity contribution in [2.45, 2.75) is 37.9 Å². The highest BCUT2D eigenvalue weighted by Crippen LogP contribution is 2.40. The zero-order valence-corrected chi connectivity index (χ0v) is 12.6. The van der Waals surface area contributed by atoms with Gasteiger partial charge in [-0.1, -0.05) is 18.9 Å². The number of imide groups is 1. The van der Waals surface area contributed by atoms with Gasteiger partial charge in [0.25, 0.3) is 11.8 Å². The van der Waals surface area contributed by atoms with Crippen LogP contribution in [0.25, 0.3) is 0 Å². The minimum Gasteiger partial charge on any atom is -0.369 e. The van der Waals surface area contributed by atoms with Crippen LogP contribution < -0.4 is 5.73 Å². The molecule has 0 aromatic heterocycles. The second-order valence-electron chi connectivity index (χ2n) is 6.07. The molecule has 3 amide bonds. The fourth-order valence-electron chi connectivity index (χ4n) is 3.59. The van der Waals surface area contributed by atoms with Gasteiger partial charge >= 0.3 is 6.18 Å². The number of amides is 3. The van der Waals surface area contributed by atoms with Crippen LogP contribution in [0.5, 0.6) is 0 Å². The first-order valence-electron chi connectivity index (χ1n) is 7.61. The molecule has 1 aromatic rings. The first kappa shape index (κ1) is 16.5. The van der Waals surface area contributed by atoms with E-state index in [1.165, 1.54) is 6.07 Å². The SMILES string of the molecule is NC(=O)C1CCCCC1N1C(=O)c2cccc(C(F)(F)F)c2C1=O. The molecule has 1 aromatic carbocycles. The van der Waals surface area contributed by atoms with Crippen molar-refractivity contribution in [2.75, 3.05) is 0 Å². The normalized spacial score (nSPS) is 24.2. The van der Waals surface area contributed by atoms with Crippen molar-refractivity contribution in [3.05, 3.63) is 34.9 Å². The molecule has 1 heterocycles. The van der Waals surface area contributed by atoms with E-state index < -0.39 is 47.0 Å². The van der Waals surface area contributed by atoms with Crippen LogP contribution in [0.1, 0.15) is 52.0 Å². The number of carbonyl (C=O) groups excluding carboxylic acids is 3. The van der Waals surface area contributed by atoms with Crippen LogP contribution >= 0.6 is 0 Å². The van der Waals surface area contributed by atoms with E-state index in [2.05, 4.69) is 0 Å². The van der Waals surface area contributed by atoms with Crippen LogP contribution in [0.3, 0.4) is 0 Å². The van der Waals surface area contributed by atoms with Crippen molar-refractivity contribution in [3.63, 3.8) is 0 Å². The fourth-order valence-corrected chi connectivity index (χ4v) is 3.59. The summed E-state index contributed by atoms with van der Waals surface area (Å²) in [6.45, 7) is 0. The molecule has 0 radical (unpaired) electrons. The fraction of sp³-hybridized carbons (Fsp3) is 0.438. The summed E-state index contributed by atoms with van der Waals surface area (Å²) in [5, 5.41) is 0. The predicted octanol–water partition coefficient (Wildman–Crippen LogP) is 2.35. The molecule has 0 bridgehead atoms. The number of benzene rings is 1. The van der Waals surface area contributed by atoms with E-state index in [0.29, 0.717) is 19.3 Å². The average molecular weight is 340 g/mol. The summed E-state index contributed by atoms with van der Waals surface area (Å²) < 4.78 is 39.5. The second-order valence-corrected chi connectivity index (χ2v) is 6.07. The summed E-state index contributed by atoms with van der Waals surface area (Å²) in [6, 6.07) is 2.29. The molecule has 2 unspecified atom stereocenters. The molecule has 2 N–H and O–H groups in total. The lowest BCUT2D eigenvalue weighted by atomic mass is 9.83. The molecule has 3 rings (SSSR count). The van der Waals surface area contributed by atoms with E-state index in [9.17, 15) is 27.6 Å². The maximum Gasteiger partial charge on any atom is 0.417 e. The lowest BCUT2D eigenvalue weighted by Crippen LogP contribution is -2.49. The molecular formula is C16H15F3N2O3. The first-order chi connectivity index (χ1) is 11.2. The van der Waals surface area contributed by atoms with Crippen molar-refractivity contribution < 1.29 is 27.6 Å². The maximum absolute atomic E-state index is 13.2. The molecule has 1 saturated carbocycles. The maximum atomic E-state index is 13.2. The summed E-state index contributed by atoms with van der Waals surface area (Å²) in [6.07, 6.45) is -2.57. The van der Waals surface area contributed by atoms with E-state index in [0.717, 1.165) is 23.5 Å². The zero-order valence-electron chi connectivity index (χ0n) is 12.6. The van der Waals surface area contributed by atoms with Gasteiger partial charge in [0.05, 0.1) is 28.7 Å². The molecule has 2 atom stereocenters. The third-order valence-electron chi connectivity index (χ3n) is 4.68. The molecule has 128 valence electrons. The molecule has 1 aliphatic carbocycles. The van der Waals surface area contributed by atoms with Crippen LogP contribution in [-0.4, -0.2) is 28.7 Å². The summed E-state index contributed by atoms with van der Waals surface area (Å²) in [4.78, 5) is 37.6. The minimum atomic E-state index is -4.74. The van der Waals surface area contributed by atoms with Gasteiger partial charge in [-0.15, -0.1) is 0 Å². The van der Waals surface area contributed by atoms with E-state index in [4.69, 9.17) is 5.73 Å². The van der Waals surface area contributed by atoms with E-state index in [1.807, 2.05) is 0 Å². The van der Waals surface area contributed by atoms with Crippen LogP contribution in [0, 0.1) is 5.92 Å². The second kappa shape index (κ2) is 5.61. The molecular weight excluding hydrogens is 325 g/mol. The predicted molar refractivity (Wildman–Crippen MR) is 76.9 cm³/mol. The molecule has 24 heavy (non-hydrogen) atoms. The zero-order chi connectivity index (χ0) is 17.6. The molecule has 2 aliphatic rings. The number of nitrogens with two attached hydrogens (primary N) is 1. The molecule has 1 fully saturated rings. The average Bonchev–Trinajstić information content (AvgIpc) is 2.78. The number of halogens is 3. The topological polar surface area (TPSA) is 80.5 Å². The van der Waals surface area contributed by atoms with Crippen molar-refractivity contribution in [1.82, 2.24) is 4.90 Å². The van der Waals surface area contributed by atoms with E-state index in [1.54, 1.807) is 0 Å². The monoisotopic (exact) mass is 340 g/mol. The Bertz CT molecular complexity index is 730. The third-order valence-corrected chi connectivity index (χ3v) is 4.68. The highest BCUT2D eigenvalue weighted by Gasteiger charge is 2.48. The third kappa shape index (κ3) is 2.46. The molecule has 1 aliphatic heterocycles. The van der Waals surface area contributed by atoms with Crippen molar-refractivity contribution in [1.29, 1.82) is 0 Å². The number of carbonyl (C=O) groups is 3. The van der Waals surface area contributed by atoms with Gasteiger partial charge in [-0.3, -0.25) is 19.3 Å². The minimum absolute atomic E-state index is 0.274. The molecule has 0 spiro atoms. The largest absolute Gasteiger partial charge is 0.417 e. The van der Waals surface area contributed by atoms with E-state index >= 15 is 0 Å². The summed E-state index contributed by atoms with van der Waals surface area (Å²) in [5.41, 5.74) is 3.31. The number of nitrogens with zero attached hydrogens (tertiary/aromatic N) is 1. The Labute approximate surface area is 135 Å². The van der Waals surface area contributed by atoms with Gasteiger partial charge < -0.3 is 5.73 Å². The van der Waals surface area contributed by atoms with Crippen molar-refractivity contribution >= 4 is 17.7 Å². The molecule has 8 heteroatoms. The van der Waals surface area contributed by atoms with E-state index in [-0.39, 0.29) is 5.56 Å². The smallest absolute Gasteiger partial charge is 0.369 e. The van der Waals surface area contributed by atoms with Crippen LogP contribution in [0.15, 0.2) is 18.2 Å².